The zero-order valence-electron chi connectivity index (χ0n) is 16.1. The van der Waals surface area contributed by atoms with Crippen molar-refractivity contribution in [3.05, 3.63) is 70.8 Å². The Balaban J connectivity index is 0.00000392. The molecule has 0 aliphatic carbocycles. The van der Waals surface area contributed by atoms with Gasteiger partial charge in [-0.3, -0.25) is 9.79 Å². The predicted octanol–water partition coefficient (Wildman–Crippen LogP) is 3.19. The number of carbonyl (C=O) groups is 1. The molecule has 28 heavy (non-hydrogen) atoms. The molecular formula is C20H25F2IN4O. The summed E-state index contributed by atoms with van der Waals surface area (Å²) in [5.74, 6) is -0.365. The van der Waals surface area contributed by atoms with E-state index < -0.39 is 11.6 Å². The van der Waals surface area contributed by atoms with Gasteiger partial charge in [0.25, 0.3) is 5.91 Å². The zero-order valence-corrected chi connectivity index (χ0v) is 18.5. The average molecular weight is 502 g/mol. The van der Waals surface area contributed by atoms with Crippen LogP contribution in [0.3, 0.4) is 0 Å². The number of guanidine groups is 1. The summed E-state index contributed by atoms with van der Waals surface area (Å²) in [5.41, 5.74) is 1.94. The molecule has 0 heterocycles. The number of amides is 1. The third-order valence-electron chi connectivity index (χ3n) is 3.99. The molecule has 0 aliphatic heterocycles. The van der Waals surface area contributed by atoms with Crippen LogP contribution in [-0.4, -0.2) is 44.5 Å². The third kappa shape index (κ3) is 7.06. The number of benzene rings is 2. The summed E-state index contributed by atoms with van der Waals surface area (Å²) < 4.78 is 26.8. The van der Waals surface area contributed by atoms with Gasteiger partial charge >= 0.3 is 0 Å². The lowest BCUT2D eigenvalue weighted by atomic mass is 10.1. The van der Waals surface area contributed by atoms with Gasteiger partial charge in [-0.25, -0.2) is 8.78 Å². The van der Waals surface area contributed by atoms with Gasteiger partial charge < -0.3 is 15.5 Å². The monoisotopic (exact) mass is 502 g/mol. The Morgan fingerprint density at radius 1 is 1.07 bits per heavy atom. The van der Waals surface area contributed by atoms with Crippen molar-refractivity contribution in [3.63, 3.8) is 0 Å². The molecular weight excluding hydrogens is 477 g/mol. The summed E-state index contributed by atoms with van der Waals surface area (Å²) in [4.78, 5) is 17.5. The summed E-state index contributed by atoms with van der Waals surface area (Å²) >= 11 is 0. The van der Waals surface area contributed by atoms with Crippen molar-refractivity contribution < 1.29 is 13.6 Å². The highest BCUT2D eigenvalue weighted by Gasteiger charge is 2.08. The molecule has 8 heteroatoms. The normalized spacial score (nSPS) is 10.8. The number of hydrogen-bond acceptors (Lipinski definition) is 2. The van der Waals surface area contributed by atoms with Crippen molar-refractivity contribution in [2.24, 2.45) is 4.99 Å². The molecule has 2 N–H and O–H groups in total. The van der Waals surface area contributed by atoms with Gasteiger partial charge in [0.15, 0.2) is 5.96 Å². The topological polar surface area (TPSA) is 56.7 Å². The Labute approximate surface area is 181 Å². The first-order valence-corrected chi connectivity index (χ1v) is 8.59. The fourth-order valence-electron chi connectivity index (χ4n) is 2.48. The van der Waals surface area contributed by atoms with E-state index in [1.165, 1.54) is 11.0 Å². The molecule has 5 nitrogen and oxygen atoms in total. The fourth-order valence-corrected chi connectivity index (χ4v) is 2.48. The number of carbonyl (C=O) groups excluding carboxylic acids is 1. The molecule has 2 aromatic carbocycles. The third-order valence-corrected chi connectivity index (χ3v) is 3.99. The van der Waals surface area contributed by atoms with Crippen molar-refractivity contribution in [2.45, 2.75) is 13.0 Å². The van der Waals surface area contributed by atoms with Crippen molar-refractivity contribution in [1.29, 1.82) is 0 Å². The van der Waals surface area contributed by atoms with Gasteiger partial charge in [0.05, 0.1) is 0 Å². The van der Waals surface area contributed by atoms with Crippen LogP contribution < -0.4 is 10.6 Å². The molecule has 0 spiro atoms. The molecule has 0 fully saturated rings. The Kier molecular flexibility index (Phi) is 9.84. The van der Waals surface area contributed by atoms with Gasteiger partial charge in [0.2, 0.25) is 0 Å². The average Bonchev–Trinajstić information content (AvgIpc) is 2.66. The Morgan fingerprint density at radius 3 is 2.36 bits per heavy atom. The van der Waals surface area contributed by atoms with Gasteiger partial charge in [-0.05, 0) is 47.9 Å². The minimum Gasteiger partial charge on any atom is -0.356 e. The highest BCUT2D eigenvalue weighted by Crippen LogP contribution is 2.10. The molecule has 0 saturated heterocycles. The second kappa shape index (κ2) is 11.6. The second-order valence-electron chi connectivity index (χ2n) is 6.23. The lowest BCUT2D eigenvalue weighted by Gasteiger charge is -2.13. The highest BCUT2D eigenvalue weighted by atomic mass is 127. The molecule has 0 bridgehead atoms. The molecule has 2 rings (SSSR count). The van der Waals surface area contributed by atoms with E-state index in [9.17, 15) is 13.6 Å². The lowest BCUT2D eigenvalue weighted by Crippen LogP contribution is -2.37. The van der Waals surface area contributed by atoms with Crippen molar-refractivity contribution >= 4 is 35.8 Å². The Hall–Kier alpha value is -2.23. The molecule has 0 aliphatic rings. The number of nitrogens with one attached hydrogen (secondary N) is 2. The van der Waals surface area contributed by atoms with E-state index in [1.54, 1.807) is 33.3 Å². The molecule has 0 radical (unpaired) electrons. The molecule has 0 unspecified atom stereocenters. The van der Waals surface area contributed by atoms with Crippen LogP contribution in [0, 0.1) is 11.6 Å². The largest absolute Gasteiger partial charge is 0.356 e. The van der Waals surface area contributed by atoms with E-state index in [-0.39, 0.29) is 29.9 Å². The first kappa shape index (κ1) is 23.8. The van der Waals surface area contributed by atoms with Gasteiger partial charge in [-0.2, -0.15) is 0 Å². The zero-order chi connectivity index (χ0) is 19.8. The van der Waals surface area contributed by atoms with Crippen molar-refractivity contribution in [1.82, 2.24) is 15.5 Å². The van der Waals surface area contributed by atoms with Gasteiger partial charge in [-0.15, -0.1) is 24.0 Å². The molecule has 1 amide bonds. The Morgan fingerprint density at radius 2 is 1.75 bits per heavy atom. The maximum atomic E-state index is 13.6. The first-order valence-electron chi connectivity index (χ1n) is 8.59. The standard InChI is InChI=1S/C20H24F2N4O.HI/c1-23-20(24-11-10-16-12-17(21)8-9-18(16)22)25-13-14-4-6-15(7-5-14)19(27)26(2)3;/h4-9,12H,10-11,13H2,1-3H3,(H2,23,24,25);1H. The smallest absolute Gasteiger partial charge is 0.253 e. The van der Waals surface area contributed by atoms with E-state index in [0.717, 1.165) is 17.7 Å². The molecule has 152 valence electrons. The molecule has 2 aromatic rings. The first-order chi connectivity index (χ1) is 12.9. The van der Waals surface area contributed by atoms with Crippen LogP contribution in [0.1, 0.15) is 21.5 Å². The van der Waals surface area contributed by atoms with Crippen LogP contribution in [0.4, 0.5) is 8.78 Å². The minimum atomic E-state index is -0.454. The van der Waals surface area contributed by atoms with Crippen LogP contribution >= 0.6 is 24.0 Å². The Bertz CT molecular complexity index is 810. The lowest BCUT2D eigenvalue weighted by molar-refractivity contribution is 0.0827. The SMILES string of the molecule is CN=C(NCCc1cc(F)ccc1F)NCc1ccc(C(=O)N(C)C)cc1.I. The van der Waals surface area contributed by atoms with Crippen LogP contribution in [-0.2, 0) is 13.0 Å². The number of hydrogen-bond donors (Lipinski definition) is 2. The molecule has 0 atom stereocenters. The number of nitrogens with zero attached hydrogens (tertiary/aromatic N) is 2. The maximum absolute atomic E-state index is 13.6. The predicted molar refractivity (Wildman–Crippen MR) is 118 cm³/mol. The van der Waals surface area contributed by atoms with Crippen LogP contribution in [0.2, 0.25) is 0 Å². The van der Waals surface area contributed by atoms with Crippen molar-refractivity contribution in [2.75, 3.05) is 27.7 Å². The van der Waals surface area contributed by atoms with Crippen molar-refractivity contribution in [3.8, 4) is 0 Å². The minimum absolute atomic E-state index is 0. The molecule has 0 saturated carbocycles. The van der Waals surface area contributed by atoms with E-state index in [4.69, 9.17) is 0 Å². The van der Waals surface area contributed by atoms with Crippen LogP contribution in [0.5, 0.6) is 0 Å². The van der Waals surface area contributed by atoms with E-state index >= 15 is 0 Å². The fraction of sp³-hybridized carbons (Fsp3) is 0.300. The summed E-state index contributed by atoms with van der Waals surface area (Å²) in [7, 11) is 5.06. The summed E-state index contributed by atoms with van der Waals surface area (Å²) in [6, 6.07) is 10.7. The number of rotatable bonds is 6. The number of aliphatic imine (C=N–C) groups is 1. The quantitative estimate of drug-likeness (QED) is 0.363. The van der Waals surface area contributed by atoms with Gasteiger partial charge in [-0.1, -0.05) is 12.1 Å². The van der Waals surface area contributed by atoms with E-state index in [2.05, 4.69) is 15.6 Å². The number of halogens is 3. The summed E-state index contributed by atoms with van der Waals surface area (Å²) in [6.45, 7) is 0.931. The highest BCUT2D eigenvalue weighted by molar-refractivity contribution is 14.0. The van der Waals surface area contributed by atoms with Crippen LogP contribution in [0.25, 0.3) is 0 Å². The van der Waals surface area contributed by atoms with Gasteiger partial charge in [0.1, 0.15) is 11.6 Å². The maximum Gasteiger partial charge on any atom is 0.253 e. The summed E-state index contributed by atoms with van der Waals surface area (Å²) in [6.07, 6.45) is 0.339. The van der Waals surface area contributed by atoms with Gasteiger partial charge in [0, 0.05) is 39.8 Å². The van der Waals surface area contributed by atoms with E-state index in [0.29, 0.717) is 36.6 Å². The summed E-state index contributed by atoms with van der Waals surface area (Å²) in [5, 5.41) is 6.21. The molecule has 0 aromatic heterocycles. The second-order valence-corrected chi connectivity index (χ2v) is 6.23. The van der Waals surface area contributed by atoms with Crippen LogP contribution in [0.15, 0.2) is 47.5 Å². The van der Waals surface area contributed by atoms with E-state index in [1.807, 2.05) is 12.1 Å².